The van der Waals surface area contributed by atoms with Crippen molar-refractivity contribution in [1.29, 1.82) is 0 Å². The van der Waals surface area contributed by atoms with Gasteiger partial charge in [-0.2, -0.15) is 0 Å². The number of benzene rings is 3. The van der Waals surface area contributed by atoms with E-state index in [0.717, 1.165) is 71.9 Å². The first-order chi connectivity index (χ1) is 23.9. The predicted octanol–water partition coefficient (Wildman–Crippen LogP) is 7.28. The Balaban J connectivity index is 1.41. The lowest BCUT2D eigenvalue weighted by Crippen LogP contribution is -2.43. The van der Waals surface area contributed by atoms with Gasteiger partial charge in [0.25, 0.3) is 0 Å². The summed E-state index contributed by atoms with van der Waals surface area (Å²) in [6.07, 6.45) is 5.11. The van der Waals surface area contributed by atoms with Gasteiger partial charge in [-0.25, -0.2) is 4.79 Å². The Morgan fingerprint density at radius 3 is 2.06 bits per heavy atom. The summed E-state index contributed by atoms with van der Waals surface area (Å²) in [6.45, 7) is 11.9. The van der Waals surface area contributed by atoms with Gasteiger partial charge in [-0.15, -0.1) is 0 Å². The van der Waals surface area contributed by atoms with Gasteiger partial charge in [-0.3, -0.25) is 0 Å². The zero-order chi connectivity index (χ0) is 34.5. The number of rotatable bonds is 18. The molecule has 0 N–H and O–H groups in total. The molecule has 0 radical (unpaired) electrons. The number of fused-ring (bicyclic) bond motifs is 1. The molecule has 3 aromatic rings. The second-order valence-corrected chi connectivity index (χ2v) is 12.5. The number of ether oxygens (including phenoxy) is 7. The van der Waals surface area contributed by atoms with Crippen LogP contribution in [0.4, 0.5) is 5.69 Å². The molecule has 2 aliphatic rings. The summed E-state index contributed by atoms with van der Waals surface area (Å²) < 4.78 is 40.4. The fraction of sp³-hybridized carbons (Fsp3) is 0.475. The van der Waals surface area contributed by atoms with Crippen molar-refractivity contribution >= 4 is 17.7 Å². The minimum absolute atomic E-state index is 0.280. The highest BCUT2D eigenvalue weighted by Crippen LogP contribution is 2.40. The number of hydrogen-bond acceptors (Lipinski definition) is 9. The first-order valence-electron chi connectivity index (χ1n) is 17.5. The van der Waals surface area contributed by atoms with E-state index in [1.807, 2.05) is 61.5 Å². The molecule has 1 unspecified atom stereocenters. The van der Waals surface area contributed by atoms with Crippen molar-refractivity contribution in [2.75, 3.05) is 78.0 Å². The largest absolute Gasteiger partial charge is 0.491 e. The zero-order valence-corrected chi connectivity index (χ0v) is 29.4. The fourth-order valence-corrected chi connectivity index (χ4v) is 6.14. The Hall–Kier alpha value is -3.89. The summed E-state index contributed by atoms with van der Waals surface area (Å²) in [5.41, 5.74) is 5.53. The normalized spacial score (nSPS) is 16.9. The molecule has 0 aromatic heterocycles. The molecule has 2 aliphatic heterocycles. The van der Waals surface area contributed by atoms with Crippen LogP contribution in [0.25, 0.3) is 17.2 Å². The smallest absolute Gasteiger partial charge is 0.334 e. The molecule has 0 saturated carbocycles. The maximum atomic E-state index is 13.5. The maximum Gasteiger partial charge on any atom is 0.334 e. The van der Waals surface area contributed by atoms with Crippen LogP contribution in [-0.2, 0) is 28.5 Å². The molecular weight excluding hydrogens is 622 g/mol. The molecular formula is C40H51NO8. The third-order valence-corrected chi connectivity index (χ3v) is 8.71. The molecule has 5 rings (SSSR count). The van der Waals surface area contributed by atoms with Gasteiger partial charge in [0.1, 0.15) is 24.7 Å². The van der Waals surface area contributed by atoms with Crippen LogP contribution in [0.5, 0.6) is 11.5 Å². The highest BCUT2D eigenvalue weighted by Gasteiger charge is 2.37. The van der Waals surface area contributed by atoms with Crippen LogP contribution in [0.3, 0.4) is 0 Å². The highest BCUT2D eigenvalue weighted by molar-refractivity contribution is 5.97. The average molecular weight is 674 g/mol. The summed E-state index contributed by atoms with van der Waals surface area (Å²) in [7, 11) is 1.43. The summed E-state index contributed by atoms with van der Waals surface area (Å²) >= 11 is 0. The SMILES string of the molecule is CCCCOCCOc1ccc(C2CN(CC3(C)OCCO3)c3ccc(-c4ccc(OCCOCCC)cc4)cc3C=C2C(=O)OC)cc1. The number of nitrogens with zero attached hydrogens (tertiary/aromatic N) is 1. The van der Waals surface area contributed by atoms with Gasteiger partial charge in [0.15, 0.2) is 5.79 Å². The molecule has 0 aliphatic carbocycles. The lowest BCUT2D eigenvalue weighted by atomic mass is 9.90. The molecule has 0 bridgehead atoms. The van der Waals surface area contributed by atoms with Crippen molar-refractivity contribution in [2.45, 2.75) is 51.7 Å². The van der Waals surface area contributed by atoms with Gasteiger partial charge in [0, 0.05) is 36.9 Å². The number of anilines is 1. The molecule has 2 heterocycles. The molecule has 3 aromatic carbocycles. The van der Waals surface area contributed by atoms with Gasteiger partial charge >= 0.3 is 5.97 Å². The van der Waals surface area contributed by atoms with Crippen molar-refractivity contribution in [2.24, 2.45) is 0 Å². The zero-order valence-electron chi connectivity index (χ0n) is 29.4. The van der Waals surface area contributed by atoms with Crippen LogP contribution in [0.2, 0.25) is 0 Å². The van der Waals surface area contributed by atoms with E-state index in [9.17, 15) is 4.79 Å². The summed E-state index contributed by atoms with van der Waals surface area (Å²) in [5.74, 6) is 0.132. The van der Waals surface area contributed by atoms with Crippen molar-refractivity contribution < 1.29 is 38.0 Å². The van der Waals surface area contributed by atoms with Crippen molar-refractivity contribution in [3.8, 4) is 22.6 Å². The Morgan fingerprint density at radius 1 is 0.796 bits per heavy atom. The topological polar surface area (TPSA) is 84.9 Å². The van der Waals surface area contributed by atoms with Crippen molar-refractivity contribution in [3.63, 3.8) is 0 Å². The molecule has 9 heteroatoms. The molecule has 1 atom stereocenters. The second-order valence-electron chi connectivity index (χ2n) is 12.5. The van der Waals surface area contributed by atoms with Crippen LogP contribution in [0, 0.1) is 0 Å². The van der Waals surface area contributed by atoms with E-state index < -0.39 is 5.79 Å². The van der Waals surface area contributed by atoms with Crippen LogP contribution < -0.4 is 14.4 Å². The third kappa shape index (κ3) is 10.1. The molecule has 0 spiro atoms. The lowest BCUT2D eigenvalue weighted by Gasteiger charge is -2.35. The van der Waals surface area contributed by atoms with Crippen LogP contribution in [0.1, 0.15) is 57.1 Å². The highest BCUT2D eigenvalue weighted by atomic mass is 16.7. The van der Waals surface area contributed by atoms with Crippen LogP contribution in [-0.4, -0.2) is 84.8 Å². The lowest BCUT2D eigenvalue weighted by molar-refractivity contribution is -0.136. The molecule has 1 saturated heterocycles. The third-order valence-electron chi connectivity index (χ3n) is 8.71. The number of unbranched alkanes of at least 4 members (excludes halogenated alkanes) is 1. The first-order valence-corrected chi connectivity index (χ1v) is 17.5. The van der Waals surface area contributed by atoms with E-state index in [1.54, 1.807) is 0 Å². The van der Waals surface area contributed by atoms with Gasteiger partial charge in [0.2, 0.25) is 0 Å². The van der Waals surface area contributed by atoms with E-state index in [1.165, 1.54) is 7.11 Å². The Bertz CT molecular complexity index is 1500. The summed E-state index contributed by atoms with van der Waals surface area (Å²) in [4.78, 5) is 15.7. The standard InChI is InChI=1S/C40H51NO8/c1-5-7-19-45-21-23-47-35-15-10-31(11-16-35)37-28-41(29-40(3)48-24-25-49-40)38-17-12-32(26-33(38)27-36(37)39(42)43-4)30-8-13-34(14-9-30)46-22-20-44-18-6-2/h8-17,26-27,37H,5-7,18-25,28-29H2,1-4H3. The van der Waals surface area contributed by atoms with Gasteiger partial charge in [-0.1, -0.05) is 50.6 Å². The van der Waals surface area contributed by atoms with Crippen LogP contribution >= 0.6 is 0 Å². The Morgan fingerprint density at radius 2 is 1.43 bits per heavy atom. The Kier molecular flexibility index (Phi) is 13.5. The van der Waals surface area contributed by atoms with Crippen LogP contribution in [0.15, 0.2) is 72.3 Å². The van der Waals surface area contributed by atoms with E-state index in [0.29, 0.717) is 58.3 Å². The molecule has 49 heavy (non-hydrogen) atoms. The molecule has 264 valence electrons. The van der Waals surface area contributed by atoms with Gasteiger partial charge < -0.3 is 38.1 Å². The molecule has 9 nitrogen and oxygen atoms in total. The fourth-order valence-electron chi connectivity index (χ4n) is 6.14. The van der Waals surface area contributed by atoms with E-state index in [-0.39, 0.29) is 11.9 Å². The van der Waals surface area contributed by atoms with Gasteiger partial charge in [-0.05, 0) is 84.5 Å². The van der Waals surface area contributed by atoms with E-state index in [2.05, 4.69) is 36.9 Å². The predicted molar refractivity (Wildman–Crippen MR) is 191 cm³/mol. The van der Waals surface area contributed by atoms with Crippen molar-refractivity contribution in [3.05, 3.63) is 83.4 Å². The monoisotopic (exact) mass is 673 g/mol. The van der Waals surface area contributed by atoms with Gasteiger partial charge in [0.05, 0.1) is 40.1 Å². The van der Waals surface area contributed by atoms with Crippen molar-refractivity contribution in [1.82, 2.24) is 0 Å². The Labute approximate surface area is 291 Å². The first kappa shape index (κ1) is 36.4. The quantitative estimate of drug-likeness (QED) is 0.102. The number of carbonyl (C=O) groups excluding carboxylic acids is 1. The average Bonchev–Trinajstić information content (AvgIpc) is 3.49. The minimum atomic E-state index is -0.773. The summed E-state index contributed by atoms with van der Waals surface area (Å²) in [6, 6.07) is 22.4. The second kappa shape index (κ2) is 18.2. The molecule has 1 fully saturated rings. The molecule has 0 amide bonds. The number of esters is 1. The number of hydrogen-bond donors (Lipinski definition) is 0. The number of methoxy groups -OCH3 is 1. The number of carbonyl (C=O) groups is 1. The maximum absolute atomic E-state index is 13.5. The minimum Gasteiger partial charge on any atom is -0.491 e. The van der Waals surface area contributed by atoms with E-state index >= 15 is 0 Å². The van der Waals surface area contributed by atoms with E-state index in [4.69, 9.17) is 33.2 Å². The summed E-state index contributed by atoms with van der Waals surface area (Å²) in [5, 5.41) is 0.